The molecule has 0 saturated heterocycles. The highest BCUT2D eigenvalue weighted by Gasteiger charge is 2.29. The molecule has 13 nitrogen and oxygen atoms in total. The van der Waals surface area contributed by atoms with E-state index in [0.29, 0.717) is 49.6 Å². The number of nitrogens with zero attached hydrogens (tertiary/aromatic N) is 1. The van der Waals surface area contributed by atoms with Gasteiger partial charge < -0.3 is 31.8 Å². The highest BCUT2D eigenvalue weighted by molar-refractivity contribution is 5.85. The molecule has 0 aliphatic heterocycles. The Balaban J connectivity index is 1.44. The van der Waals surface area contributed by atoms with Gasteiger partial charge in [-0.2, -0.15) is 0 Å². The summed E-state index contributed by atoms with van der Waals surface area (Å²) in [5, 5.41) is 17.4. The van der Waals surface area contributed by atoms with Crippen LogP contribution < -0.4 is 32.9 Å². The number of fused-ring (bicyclic) bond motifs is 1. The molecule has 37 heavy (non-hydrogen) atoms. The van der Waals surface area contributed by atoms with Crippen LogP contribution in [0.3, 0.4) is 0 Å². The normalized spacial score (nSPS) is 18.1. The molecule has 0 bridgehead atoms. The zero-order chi connectivity index (χ0) is 26.9. The molecule has 1 aliphatic carbocycles. The van der Waals surface area contributed by atoms with E-state index in [0.717, 1.165) is 4.57 Å². The average Bonchev–Trinajstić information content (AvgIpc) is 2.87. The third kappa shape index (κ3) is 7.66. The molecule has 13 heteroatoms. The molecule has 2 aromatic rings. The van der Waals surface area contributed by atoms with Crippen molar-refractivity contribution in [1.82, 2.24) is 25.5 Å². The van der Waals surface area contributed by atoms with Crippen molar-refractivity contribution in [2.45, 2.75) is 51.1 Å². The fourth-order valence-electron chi connectivity index (χ4n) is 4.49. The van der Waals surface area contributed by atoms with Crippen molar-refractivity contribution in [2.75, 3.05) is 13.1 Å². The van der Waals surface area contributed by atoms with Crippen LogP contribution in [0.2, 0.25) is 0 Å². The lowest BCUT2D eigenvalue weighted by Crippen LogP contribution is -2.45. The summed E-state index contributed by atoms with van der Waals surface area (Å²) in [7, 11) is 0. The van der Waals surface area contributed by atoms with Gasteiger partial charge in [-0.1, -0.05) is 12.1 Å². The maximum atomic E-state index is 12.6. The Kier molecular flexibility index (Phi) is 9.41. The lowest BCUT2D eigenvalue weighted by atomic mass is 9.81. The van der Waals surface area contributed by atoms with E-state index >= 15 is 0 Å². The van der Waals surface area contributed by atoms with Crippen LogP contribution in [0.25, 0.3) is 10.9 Å². The molecule has 1 heterocycles. The molecule has 7 N–H and O–H groups in total. The monoisotopic (exact) mass is 516 g/mol. The lowest BCUT2D eigenvalue weighted by Gasteiger charge is -2.28. The number of nitrogens with one attached hydrogen (secondary N) is 4. The summed E-state index contributed by atoms with van der Waals surface area (Å²) in [6.45, 7) is 0.163. The number of carboxylic acid groups (broad SMARTS) is 1. The fourth-order valence-corrected chi connectivity index (χ4v) is 4.49. The summed E-state index contributed by atoms with van der Waals surface area (Å²) in [5.74, 6) is -2.14. The summed E-state index contributed by atoms with van der Waals surface area (Å²) in [4.78, 5) is 74.6. The number of urea groups is 1. The van der Waals surface area contributed by atoms with Gasteiger partial charge in [-0.3, -0.25) is 19.0 Å². The van der Waals surface area contributed by atoms with Crippen LogP contribution in [0.1, 0.15) is 38.5 Å². The molecule has 0 spiro atoms. The Morgan fingerprint density at radius 1 is 1.08 bits per heavy atom. The van der Waals surface area contributed by atoms with Crippen molar-refractivity contribution in [3.05, 3.63) is 45.1 Å². The summed E-state index contributed by atoms with van der Waals surface area (Å²) >= 11 is 0. The number of benzene rings is 1. The number of carbonyl (C=O) groups excluding carboxylic acids is 3. The summed E-state index contributed by atoms with van der Waals surface area (Å²) in [5.41, 5.74) is 4.19. The van der Waals surface area contributed by atoms with Crippen LogP contribution >= 0.6 is 0 Å². The van der Waals surface area contributed by atoms with Gasteiger partial charge in [0.05, 0.1) is 10.9 Å². The lowest BCUT2D eigenvalue weighted by molar-refractivity contribution is -0.143. The second-order valence-electron chi connectivity index (χ2n) is 9.22. The topological polar surface area (TPSA) is 205 Å². The Labute approximate surface area is 211 Å². The van der Waals surface area contributed by atoms with E-state index in [-0.39, 0.29) is 30.7 Å². The molecular weight excluding hydrogens is 484 g/mol. The molecule has 1 saturated carbocycles. The van der Waals surface area contributed by atoms with Gasteiger partial charge in [0.15, 0.2) is 0 Å². The average molecular weight is 517 g/mol. The molecule has 1 aliphatic rings. The van der Waals surface area contributed by atoms with Crippen molar-refractivity contribution in [3.63, 3.8) is 0 Å². The number of primary amides is 1. The first-order chi connectivity index (χ1) is 17.7. The van der Waals surface area contributed by atoms with Gasteiger partial charge in [-0.05, 0) is 56.6 Å². The number of aromatic nitrogens is 2. The first kappa shape index (κ1) is 27.4. The SMILES string of the molecule is NC(=O)NCCC[C@H](NC(=O)C1CCC(CNC(=O)Cn2c(=O)[nH]c3ccccc3c2=O)CC1)C(=O)O. The Hall–Kier alpha value is -4.16. The van der Waals surface area contributed by atoms with Crippen LogP contribution in [-0.4, -0.2) is 57.6 Å². The third-order valence-electron chi connectivity index (χ3n) is 6.58. The summed E-state index contributed by atoms with van der Waals surface area (Å²) < 4.78 is 0.863. The molecule has 1 atom stereocenters. The van der Waals surface area contributed by atoms with E-state index in [1.54, 1.807) is 24.3 Å². The van der Waals surface area contributed by atoms with E-state index in [4.69, 9.17) is 5.73 Å². The Morgan fingerprint density at radius 3 is 2.46 bits per heavy atom. The first-order valence-corrected chi connectivity index (χ1v) is 12.2. The number of hydrogen-bond donors (Lipinski definition) is 6. The van der Waals surface area contributed by atoms with Crippen molar-refractivity contribution in [2.24, 2.45) is 17.6 Å². The predicted molar refractivity (Wildman–Crippen MR) is 134 cm³/mol. The number of nitrogens with two attached hydrogens (primary N) is 1. The molecule has 1 aromatic carbocycles. The van der Waals surface area contributed by atoms with Crippen molar-refractivity contribution in [1.29, 1.82) is 0 Å². The van der Waals surface area contributed by atoms with E-state index in [9.17, 15) is 33.9 Å². The maximum absolute atomic E-state index is 12.6. The van der Waals surface area contributed by atoms with Crippen LogP contribution in [-0.2, 0) is 20.9 Å². The zero-order valence-electron chi connectivity index (χ0n) is 20.3. The quantitative estimate of drug-likeness (QED) is 0.218. The van der Waals surface area contributed by atoms with Gasteiger partial charge in [0.2, 0.25) is 11.8 Å². The minimum atomic E-state index is -1.15. The molecule has 1 aromatic heterocycles. The number of para-hydroxylation sites is 1. The van der Waals surface area contributed by atoms with Gasteiger partial charge in [0, 0.05) is 19.0 Å². The molecule has 4 amide bonds. The largest absolute Gasteiger partial charge is 0.480 e. The molecule has 1 fully saturated rings. The van der Waals surface area contributed by atoms with Crippen LogP contribution in [0.4, 0.5) is 4.79 Å². The highest BCUT2D eigenvalue weighted by Crippen LogP contribution is 2.28. The Morgan fingerprint density at radius 2 is 1.78 bits per heavy atom. The molecule has 0 unspecified atom stereocenters. The molecule has 3 rings (SSSR count). The minimum absolute atomic E-state index is 0.120. The van der Waals surface area contributed by atoms with E-state index in [1.807, 2.05) is 0 Å². The Bertz CT molecular complexity index is 1260. The van der Waals surface area contributed by atoms with Crippen LogP contribution in [0, 0.1) is 11.8 Å². The van der Waals surface area contributed by atoms with Gasteiger partial charge in [-0.15, -0.1) is 0 Å². The number of carboxylic acids is 1. The molecule has 200 valence electrons. The number of aromatic amines is 1. The summed E-state index contributed by atoms with van der Waals surface area (Å²) in [6.07, 6.45) is 2.93. The van der Waals surface area contributed by atoms with Gasteiger partial charge in [-0.25, -0.2) is 14.4 Å². The van der Waals surface area contributed by atoms with Crippen molar-refractivity contribution < 1.29 is 24.3 Å². The van der Waals surface area contributed by atoms with E-state index in [2.05, 4.69) is 20.9 Å². The van der Waals surface area contributed by atoms with Gasteiger partial charge in [0.25, 0.3) is 5.56 Å². The van der Waals surface area contributed by atoms with Crippen molar-refractivity contribution >= 4 is 34.7 Å². The number of aliphatic carboxylic acids is 1. The highest BCUT2D eigenvalue weighted by atomic mass is 16.4. The van der Waals surface area contributed by atoms with E-state index in [1.165, 1.54) is 0 Å². The second-order valence-corrected chi connectivity index (χ2v) is 9.22. The van der Waals surface area contributed by atoms with E-state index < -0.39 is 41.7 Å². The van der Waals surface area contributed by atoms with Crippen LogP contribution in [0.15, 0.2) is 33.9 Å². The fraction of sp³-hybridized carbons (Fsp3) is 0.500. The first-order valence-electron chi connectivity index (χ1n) is 12.2. The number of H-pyrrole nitrogens is 1. The smallest absolute Gasteiger partial charge is 0.329 e. The zero-order valence-corrected chi connectivity index (χ0v) is 20.3. The number of amides is 4. The van der Waals surface area contributed by atoms with Crippen molar-refractivity contribution in [3.8, 4) is 0 Å². The predicted octanol–water partition coefficient (Wildman–Crippen LogP) is -0.370. The maximum Gasteiger partial charge on any atom is 0.329 e. The second kappa shape index (κ2) is 12.7. The summed E-state index contributed by atoms with van der Waals surface area (Å²) in [6, 6.07) is 4.82. The number of carbonyl (C=O) groups is 4. The van der Waals surface area contributed by atoms with Crippen LogP contribution in [0.5, 0.6) is 0 Å². The van der Waals surface area contributed by atoms with Gasteiger partial charge in [0.1, 0.15) is 12.6 Å². The number of hydrogen-bond acceptors (Lipinski definition) is 6. The molecule has 0 radical (unpaired) electrons. The minimum Gasteiger partial charge on any atom is -0.480 e. The standard InChI is InChI=1S/C24H32N6O7/c25-23(36)26-11-3-6-18(22(34)35)28-20(32)15-9-7-14(8-10-15)12-27-19(31)13-30-21(33)16-4-1-2-5-17(16)29-24(30)37/h1-2,4-5,14-15,18H,3,6-13H2,(H,27,31)(H,28,32)(H,29,37)(H,34,35)(H3,25,26,36)/t14?,15?,18-/m0/s1. The van der Waals surface area contributed by atoms with Gasteiger partial charge >= 0.3 is 17.7 Å². The molecular formula is C24H32N6O7. The number of rotatable bonds is 11. The third-order valence-corrected chi connectivity index (χ3v) is 6.58.